The molecule has 1 saturated carbocycles. The number of likely N-dealkylation sites (tertiary alicyclic amines) is 1. The van der Waals surface area contributed by atoms with Gasteiger partial charge in [-0.25, -0.2) is 19.3 Å². The molecule has 1 aliphatic heterocycles. The van der Waals surface area contributed by atoms with Crippen molar-refractivity contribution in [1.82, 2.24) is 34.5 Å². The Morgan fingerprint density at radius 3 is 2.58 bits per heavy atom. The van der Waals surface area contributed by atoms with Crippen molar-refractivity contribution in [2.24, 2.45) is 5.41 Å². The first-order valence-corrected chi connectivity index (χ1v) is 17.8. The second-order valence-electron chi connectivity index (χ2n) is 13.5. The lowest BCUT2D eigenvalue weighted by atomic mass is 9.99. The highest BCUT2D eigenvalue weighted by atomic mass is 79.9. The predicted octanol–water partition coefficient (Wildman–Crippen LogP) is 6.44. The van der Waals surface area contributed by atoms with Crippen LogP contribution in [-0.2, 0) is 29.4 Å². The standard InChI is InChI=1S/C37H42BrFN8O3/c1-6-8-9-12-45(5)20-24-10-11-31(38)42-35(24)43-36(50)29-15-37(7-2)16-30(37)47(29)32(49)21-46-34-26(17-39)13-25(27-18-40-23(4)41-19-27)14-28(34)33(44-46)22(3)48/h7,10-11,13-14,18-19,29-30H,2,6,8-9,12,15-17,20-21H2,1,3-5H3,(H,42,43,50)/t29-,30+,37-/m0/s1. The van der Waals surface area contributed by atoms with Crippen molar-refractivity contribution in [2.75, 3.05) is 18.9 Å². The summed E-state index contributed by atoms with van der Waals surface area (Å²) in [5.41, 5.74) is 2.58. The smallest absolute Gasteiger partial charge is 0.248 e. The van der Waals surface area contributed by atoms with Crippen LogP contribution in [0.3, 0.4) is 0 Å². The Morgan fingerprint density at radius 1 is 1.14 bits per heavy atom. The molecule has 2 aliphatic rings. The van der Waals surface area contributed by atoms with E-state index in [2.05, 4.69) is 59.7 Å². The maximum atomic E-state index is 14.7. The molecular weight excluding hydrogens is 703 g/mol. The first-order valence-electron chi connectivity index (χ1n) is 17.0. The second kappa shape index (κ2) is 14.5. The molecule has 2 amide bonds. The summed E-state index contributed by atoms with van der Waals surface area (Å²) in [7, 11) is 2.05. The molecule has 0 unspecified atom stereocenters. The van der Waals surface area contributed by atoms with Gasteiger partial charge in [-0.05, 0) is 79.5 Å². The number of anilines is 1. The molecule has 0 radical (unpaired) electrons. The zero-order valence-corrected chi connectivity index (χ0v) is 30.5. The van der Waals surface area contributed by atoms with Crippen LogP contribution in [-0.4, -0.2) is 77.8 Å². The normalized spacial score (nSPS) is 19.5. The number of benzene rings is 1. The van der Waals surface area contributed by atoms with E-state index in [1.54, 1.807) is 36.4 Å². The Morgan fingerprint density at radius 2 is 1.90 bits per heavy atom. The van der Waals surface area contributed by atoms with Gasteiger partial charge in [-0.15, -0.1) is 6.58 Å². The molecule has 0 bridgehead atoms. The van der Waals surface area contributed by atoms with Gasteiger partial charge in [0, 0.05) is 59.4 Å². The Bertz CT molecular complexity index is 1960. The van der Waals surface area contributed by atoms with Crippen molar-refractivity contribution < 1.29 is 18.8 Å². The lowest BCUT2D eigenvalue weighted by Crippen LogP contribution is -2.47. The van der Waals surface area contributed by atoms with Gasteiger partial charge in [0.1, 0.15) is 41.2 Å². The summed E-state index contributed by atoms with van der Waals surface area (Å²) in [6, 6.07) is 6.24. The Balaban J connectivity index is 1.29. The van der Waals surface area contributed by atoms with Gasteiger partial charge in [0.05, 0.1) is 5.52 Å². The molecule has 11 nitrogen and oxygen atoms in total. The molecule has 1 aliphatic carbocycles. The van der Waals surface area contributed by atoms with Crippen LogP contribution < -0.4 is 5.32 Å². The fourth-order valence-corrected chi connectivity index (χ4v) is 7.45. The average Bonchev–Trinajstić information content (AvgIpc) is 3.52. The molecule has 1 aromatic carbocycles. The van der Waals surface area contributed by atoms with Crippen molar-refractivity contribution in [1.29, 1.82) is 0 Å². The Hall–Kier alpha value is -4.36. The number of halogens is 2. The van der Waals surface area contributed by atoms with Gasteiger partial charge < -0.3 is 15.1 Å². The van der Waals surface area contributed by atoms with Crippen molar-refractivity contribution in [3.05, 3.63) is 76.6 Å². The average molecular weight is 746 g/mol. The van der Waals surface area contributed by atoms with Crippen molar-refractivity contribution in [2.45, 2.75) is 84.7 Å². The summed E-state index contributed by atoms with van der Waals surface area (Å²) in [6.07, 6.45) is 9.62. The quantitative estimate of drug-likeness (QED) is 0.0677. The van der Waals surface area contributed by atoms with Gasteiger partial charge in [-0.2, -0.15) is 5.10 Å². The van der Waals surface area contributed by atoms with E-state index < -0.39 is 12.7 Å². The van der Waals surface area contributed by atoms with Gasteiger partial charge in [-0.3, -0.25) is 19.1 Å². The third-order valence-corrected chi connectivity index (χ3v) is 10.3. The highest BCUT2D eigenvalue weighted by molar-refractivity contribution is 9.10. The Kier molecular flexibility index (Phi) is 10.3. The minimum atomic E-state index is -0.846. The first-order chi connectivity index (χ1) is 24.0. The summed E-state index contributed by atoms with van der Waals surface area (Å²) in [6.45, 7) is 9.76. The number of carbonyl (C=O) groups is 3. The maximum Gasteiger partial charge on any atom is 0.248 e. The molecule has 4 aromatic rings. The largest absolute Gasteiger partial charge is 0.325 e. The van der Waals surface area contributed by atoms with Crippen LogP contribution in [0.25, 0.3) is 22.0 Å². The van der Waals surface area contributed by atoms with E-state index in [0.29, 0.717) is 57.7 Å². The number of aryl methyl sites for hydroxylation is 1. The minimum absolute atomic E-state index is 0.132. The maximum absolute atomic E-state index is 14.7. The number of alkyl halides is 1. The number of hydrogen-bond acceptors (Lipinski definition) is 8. The number of nitrogens with one attached hydrogen (secondary N) is 1. The molecule has 3 atom stereocenters. The number of unbranched alkanes of at least 4 members (excludes halogenated alkanes) is 2. The van der Waals surface area contributed by atoms with E-state index >= 15 is 0 Å². The monoisotopic (exact) mass is 744 g/mol. The first kappa shape index (κ1) is 35.5. The molecule has 1 N–H and O–H groups in total. The predicted molar refractivity (Wildman–Crippen MR) is 193 cm³/mol. The number of Topliss-reactive ketones (excluding diaryl/α,β-unsaturated/α-hetero) is 1. The van der Waals surface area contributed by atoms with E-state index in [9.17, 15) is 18.8 Å². The number of ketones is 1. The molecule has 262 valence electrons. The van der Waals surface area contributed by atoms with Crippen molar-refractivity contribution in [3.8, 4) is 11.1 Å². The number of nitrogens with zero attached hydrogens (tertiary/aromatic N) is 7. The number of hydrogen-bond donors (Lipinski definition) is 1. The van der Waals surface area contributed by atoms with Crippen LogP contribution in [0.1, 0.15) is 73.4 Å². The van der Waals surface area contributed by atoms with E-state index in [-0.39, 0.29) is 46.9 Å². The summed E-state index contributed by atoms with van der Waals surface area (Å²) in [5.74, 6) is 0.0353. The third kappa shape index (κ3) is 6.98. The van der Waals surface area contributed by atoms with Gasteiger partial charge in [0.2, 0.25) is 11.8 Å². The highest BCUT2D eigenvalue weighted by Crippen LogP contribution is 2.60. The zero-order valence-electron chi connectivity index (χ0n) is 28.9. The third-order valence-electron chi connectivity index (χ3n) is 9.89. The SMILES string of the molecule is C=C[C@@]12C[C@@H](C(=O)Nc3nc(Br)ccc3CN(C)CCCCC)N(C(=O)Cn3nc(C(C)=O)c4cc(-c5cnc(C)nc5)cc(CF)c43)[C@@H]1C2. The molecule has 13 heteroatoms. The molecule has 2 fully saturated rings. The van der Waals surface area contributed by atoms with Crippen molar-refractivity contribution >= 4 is 50.2 Å². The van der Waals surface area contributed by atoms with E-state index in [1.165, 1.54) is 11.6 Å². The number of aromatic nitrogens is 5. The molecule has 4 heterocycles. The fraction of sp³-hybridized carbons (Fsp3) is 0.432. The number of pyridine rings is 1. The fourth-order valence-electron chi connectivity index (χ4n) is 7.14. The van der Waals surface area contributed by atoms with E-state index in [0.717, 1.165) is 31.4 Å². The number of amides is 2. The van der Waals surface area contributed by atoms with Crippen LogP contribution in [0, 0.1) is 12.3 Å². The van der Waals surface area contributed by atoms with Crippen LogP contribution in [0.2, 0.25) is 0 Å². The lowest BCUT2D eigenvalue weighted by Gasteiger charge is -2.27. The van der Waals surface area contributed by atoms with E-state index in [4.69, 9.17) is 0 Å². The Labute approximate surface area is 299 Å². The molecule has 1 saturated heterocycles. The van der Waals surface area contributed by atoms with Crippen molar-refractivity contribution in [3.63, 3.8) is 0 Å². The van der Waals surface area contributed by atoms with Crippen LogP contribution in [0.5, 0.6) is 0 Å². The van der Waals surface area contributed by atoms with Gasteiger partial charge in [0.15, 0.2) is 5.78 Å². The van der Waals surface area contributed by atoms with Crippen LogP contribution in [0.15, 0.2) is 53.9 Å². The number of rotatable bonds is 14. The number of carbonyl (C=O) groups excluding carboxylic acids is 3. The van der Waals surface area contributed by atoms with Crippen LogP contribution >= 0.6 is 15.9 Å². The highest BCUT2D eigenvalue weighted by Gasteiger charge is 2.65. The summed E-state index contributed by atoms with van der Waals surface area (Å²) >= 11 is 3.44. The zero-order chi connectivity index (χ0) is 35.7. The van der Waals surface area contributed by atoms with Gasteiger partial charge in [-0.1, -0.05) is 31.9 Å². The molecular formula is C37H42BrFN8O3. The molecule has 50 heavy (non-hydrogen) atoms. The lowest BCUT2D eigenvalue weighted by molar-refractivity contribution is -0.138. The number of fused-ring (bicyclic) bond motifs is 2. The summed E-state index contributed by atoms with van der Waals surface area (Å²) in [5, 5.41) is 7.99. The topological polar surface area (TPSA) is 126 Å². The molecule has 0 spiro atoms. The van der Waals surface area contributed by atoms with Gasteiger partial charge in [0.25, 0.3) is 0 Å². The summed E-state index contributed by atoms with van der Waals surface area (Å²) < 4.78 is 16.7. The second-order valence-corrected chi connectivity index (χ2v) is 14.3. The van der Waals surface area contributed by atoms with Crippen LogP contribution in [0.4, 0.5) is 10.2 Å². The number of piperidine rings is 1. The summed E-state index contributed by atoms with van der Waals surface area (Å²) in [4.78, 5) is 58.0. The van der Waals surface area contributed by atoms with E-state index in [1.807, 2.05) is 25.3 Å². The van der Waals surface area contributed by atoms with Gasteiger partial charge >= 0.3 is 0 Å². The molecule has 6 rings (SSSR count). The minimum Gasteiger partial charge on any atom is -0.325 e. The molecule has 3 aromatic heterocycles.